The zero-order valence-electron chi connectivity index (χ0n) is 7.27. The Morgan fingerprint density at radius 3 is 2.77 bits per heavy atom. The van der Waals surface area contributed by atoms with Crippen LogP contribution in [-0.4, -0.2) is 10.2 Å². The first-order valence-corrected chi connectivity index (χ1v) is 4.21. The number of thiol groups is 1. The molecule has 0 aliphatic rings. The zero-order valence-corrected chi connectivity index (χ0v) is 8.16. The highest BCUT2D eigenvalue weighted by molar-refractivity contribution is 7.80. The fraction of sp³-hybridized carbons (Fsp3) is 0.111. The molecule has 0 aromatic carbocycles. The third kappa shape index (κ3) is 2.59. The first-order chi connectivity index (χ1) is 6.27. The van der Waals surface area contributed by atoms with E-state index in [1.807, 2.05) is 19.1 Å². The summed E-state index contributed by atoms with van der Waals surface area (Å²) in [4.78, 5) is 0. The van der Waals surface area contributed by atoms with E-state index < -0.39 is 0 Å². The normalized spacial score (nSPS) is 12.3. The van der Waals surface area contributed by atoms with Crippen LogP contribution in [0.2, 0.25) is 0 Å². The number of nitrogens with zero attached hydrogens (tertiary/aromatic N) is 2. The quantitative estimate of drug-likeness (QED) is 0.593. The minimum atomic E-state index is 0.259. The molecule has 0 radical (unpaired) electrons. The van der Waals surface area contributed by atoms with Crippen LogP contribution in [-0.2, 0) is 0 Å². The van der Waals surface area contributed by atoms with E-state index in [0.29, 0.717) is 5.89 Å². The molecular formula is C9H10N2OS. The first-order valence-electron chi connectivity index (χ1n) is 3.76. The molecular weight excluding hydrogens is 184 g/mol. The van der Waals surface area contributed by atoms with Gasteiger partial charge in [0, 0.05) is 5.57 Å². The molecule has 0 aliphatic heterocycles. The van der Waals surface area contributed by atoms with Crippen LogP contribution in [0.1, 0.15) is 12.8 Å². The minimum absolute atomic E-state index is 0.259. The number of allylic oxidation sites excluding steroid dienone is 5. The Balaban J connectivity index is 3.01. The van der Waals surface area contributed by atoms with Crippen molar-refractivity contribution in [2.45, 2.75) is 12.1 Å². The summed E-state index contributed by atoms with van der Waals surface area (Å²) in [7, 11) is 0. The van der Waals surface area contributed by atoms with E-state index in [2.05, 4.69) is 29.4 Å². The van der Waals surface area contributed by atoms with E-state index in [4.69, 9.17) is 4.42 Å². The van der Waals surface area contributed by atoms with Crippen molar-refractivity contribution in [2.75, 3.05) is 0 Å². The van der Waals surface area contributed by atoms with Gasteiger partial charge in [0.25, 0.3) is 5.22 Å². The van der Waals surface area contributed by atoms with Crippen molar-refractivity contribution in [1.29, 1.82) is 0 Å². The molecule has 0 atom stereocenters. The van der Waals surface area contributed by atoms with Crippen LogP contribution in [0.5, 0.6) is 0 Å². The van der Waals surface area contributed by atoms with Gasteiger partial charge in [-0.1, -0.05) is 43.5 Å². The van der Waals surface area contributed by atoms with Crippen LogP contribution in [0.15, 0.2) is 40.5 Å². The van der Waals surface area contributed by atoms with E-state index in [0.717, 1.165) is 5.57 Å². The second kappa shape index (κ2) is 4.67. The molecule has 0 bridgehead atoms. The summed E-state index contributed by atoms with van der Waals surface area (Å²) < 4.78 is 5.13. The van der Waals surface area contributed by atoms with Crippen LogP contribution < -0.4 is 0 Å². The summed E-state index contributed by atoms with van der Waals surface area (Å²) in [6.07, 6.45) is 7.21. The third-order valence-corrected chi connectivity index (χ3v) is 1.49. The molecule has 68 valence electrons. The van der Waals surface area contributed by atoms with Crippen molar-refractivity contribution in [3.8, 4) is 0 Å². The van der Waals surface area contributed by atoms with Crippen molar-refractivity contribution in [1.82, 2.24) is 10.2 Å². The topological polar surface area (TPSA) is 38.9 Å². The van der Waals surface area contributed by atoms with E-state index in [1.54, 1.807) is 12.2 Å². The van der Waals surface area contributed by atoms with Crippen molar-refractivity contribution in [3.63, 3.8) is 0 Å². The van der Waals surface area contributed by atoms with E-state index in [1.165, 1.54) is 0 Å². The Labute approximate surface area is 82.3 Å². The molecule has 1 aromatic rings. The van der Waals surface area contributed by atoms with E-state index in [-0.39, 0.29) is 5.22 Å². The lowest BCUT2D eigenvalue weighted by Gasteiger charge is -1.91. The van der Waals surface area contributed by atoms with E-state index in [9.17, 15) is 0 Å². The van der Waals surface area contributed by atoms with Crippen LogP contribution in [0.4, 0.5) is 0 Å². The van der Waals surface area contributed by atoms with Crippen molar-refractivity contribution < 1.29 is 4.42 Å². The first kappa shape index (κ1) is 9.80. The maximum absolute atomic E-state index is 5.13. The predicted molar refractivity (Wildman–Crippen MR) is 54.5 cm³/mol. The fourth-order valence-electron chi connectivity index (χ4n) is 0.837. The average Bonchev–Trinajstić information content (AvgIpc) is 2.51. The second-order valence-corrected chi connectivity index (χ2v) is 2.63. The zero-order chi connectivity index (χ0) is 9.68. The lowest BCUT2D eigenvalue weighted by molar-refractivity contribution is 0.446. The van der Waals surface area contributed by atoms with E-state index >= 15 is 0 Å². The molecule has 1 heterocycles. The van der Waals surface area contributed by atoms with Crippen LogP contribution in [0.3, 0.4) is 0 Å². The minimum Gasteiger partial charge on any atom is -0.411 e. The molecule has 0 amide bonds. The number of aromatic nitrogens is 2. The lowest BCUT2D eigenvalue weighted by Crippen LogP contribution is -1.79. The highest BCUT2D eigenvalue weighted by atomic mass is 32.1. The summed E-state index contributed by atoms with van der Waals surface area (Å²) >= 11 is 3.92. The summed E-state index contributed by atoms with van der Waals surface area (Å²) in [6.45, 7) is 5.51. The molecule has 1 rings (SSSR count). The molecule has 0 spiro atoms. The number of hydrogen-bond donors (Lipinski definition) is 1. The van der Waals surface area contributed by atoms with Gasteiger partial charge < -0.3 is 4.42 Å². The molecule has 1 aromatic heterocycles. The summed E-state index contributed by atoms with van der Waals surface area (Å²) in [5.74, 6) is 0.447. The lowest BCUT2D eigenvalue weighted by atomic mass is 10.2. The summed E-state index contributed by atoms with van der Waals surface area (Å²) in [6, 6.07) is 0. The summed E-state index contributed by atoms with van der Waals surface area (Å²) in [5, 5.41) is 7.69. The van der Waals surface area contributed by atoms with Crippen molar-refractivity contribution in [3.05, 3.63) is 36.8 Å². The van der Waals surface area contributed by atoms with Gasteiger partial charge in [0.2, 0.25) is 5.89 Å². The predicted octanol–water partition coefficient (Wildman–Crippen LogP) is 2.50. The molecule has 0 fully saturated rings. The van der Waals surface area contributed by atoms with Gasteiger partial charge in [0.1, 0.15) is 0 Å². The van der Waals surface area contributed by atoms with Gasteiger partial charge in [-0.05, 0) is 6.92 Å². The van der Waals surface area contributed by atoms with Gasteiger partial charge in [0.05, 0.1) is 0 Å². The molecule has 0 saturated carbocycles. The van der Waals surface area contributed by atoms with Crippen molar-refractivity contribution in [2.24, 2.45) is 0 Å². The van der Waals surface area contributed by atoms with Crippen LogP contribution in [0, 0.1) is 0 Å². The van der Waals surface area contributed by atoms with Gasteiger partial charge in [-0.3, -0.25) is 0 Å². The Morgan fingerprint density at radius 2 is 2.31 bits per heavy atom. The van der Waals surface area contributed by atoms with Gasteiger partial charge in [-0.15, -0.1) is 10.2 Å². The Kier molecular flexibility index (Phi) is 3.52. The largest absolute Gasteiger partial charge is 0.411 e. The molecule has 0 N–H and O–H groups in total. The molecule has 0 unspecified atom stereocenters. The Morgan fingerprint density at radius 1 is 1.54 bits per heavy atom. The fourth-order valence-corrected chi connectivity index (χ4v) is 0.968. The molecule has 0 aliphatic carbocycles. The highest BCUT2D eigenvalue weighted by Gasteiger charge is 2.04. The maximum atomic E-state index is 5.13. The molecule has 3 nitrogen and oxygen atoms in total. The average molecular weight is 194 g/mol. The SMILES string of the molecule is C=C/C=C(\C=C/C)c1nnc(S)o1. The van der Waals surface area contributed by atoms with Gasteiger partial charge in [-0.2, -0.15) is 0 Å². The number of rotatable bonds is 3. The Bertz CT molecular complexity index is 352. The van der Waals surface area contributed by atoms with Gasteiger partial charge >= 0.3 is 0 Å². The third-order valence-electron chi connectivity index (χ3n) is 1.30. The maximum Gasteiger partial charge on any atom is 0.273 e. The second-order valence-electron chi connectivity index (χ2n) is 2.25. The highest BCUT2D eigenvalue weighted by Crippen LogP contribution is 2.15. The van der Waals surface area contributed by atoms with Gasteiger partial charge in [-0.25, -0.2) is 0 Å². The molecule has 13 heavy (non-hydrogen) atoms. The van der Waals surface area contributed by atoms with Crippen molar-refractivity contribution >= 4 is 18.2 Å². The van der Waals surface area contributed by atoms with Crippen LogP contribution in [0.25, 0.3) is 5.57 Å². The summed E-state index contributed by atoms with van der Waals surface area (Å²) in [5.41, 5.74) is 0.824. The molecule has 4 heteroatoms. The monoisotopic (exact) mass is 194 g/mol. The molecule has 0 saturated heterocycles. The van der Waals surface area contributed by atoms with Gasteiger partial charge in [0.15, 0.2) is 0 Å². The van der Waals surface area contributed by atoms with Crippen LogP contribution >= 0.6 is 12.6 Å². The number of hydrogen-bond acceptors (Lipinski definition) is 4. The Hall–Kier alpha value is -1.29. The smallest absolute Gasteiger partial charge is 0.273 e. The standard InChI is InChI=1S/C9H10N2OS/c1-3-5-7(6-4-2)8-10-11-9(13)12-8/h3-6H,1H2,2H3,(H,11,13)/b6-4-,7-5+.